The average molecular weight is 463 g/mol. The number of aryl methyl sites for hydroxylation is 1. The Hall–Kier alpha value is -4.14. The number of aromatic carboxylic acids is 1. The number of aromatic nitrogens is 2. The Labute approximate surface area is 196 Å². The molecule has 34 heavy (non-hydrogen) atoms. The molecule has 0 aliphatic heterocycles. The predicted octanol–water partition coefficient (Wildman–Crippen LogP) is 3.62. The van der Waals surface area contributed by atoms with Crippen LogP contribution in [0.4, 0.5) is 10.6 Å². The molecule has 3 aromatic rings. The number of carbonyl (C=O) groups is 3. The lowest BCUT2D eigenvalue weighted by molar-refractivity contribution is -0.117. The molecule has 1 aromatic heterocycles. The smallest absolute Gasteiger partial charge is 0.407 e. The summed E-state index contributed by atoms with van der Waals surface area (Å²) in [5, 5.41) is 18.2. The van der Waals surface area contributed by atoms with Gasteiger partial charge in [-0.1, -0.05) is 55.5 Å². The third-order valence-corrected chi connectivity index (χ3v) is 5.84. The van der Waals surface area contributed by atoms with Gasteiger partial charge in [-0.2, -0.15) is 5.10 Å². The standard InChI is InChI=1S/C25H26N4O5/c1-15(11-23(30)27-22-12-21(24(31)32)28-29(22)2)13-26-25(33)34-14-20-18-9-5-3-7-16(18)17-8-4-6-10-19(17)20/h3-10,12,15,20H,11,13-14H2,1-2H3,(H,26,33)(H,27,30)(H,31,32). The molecule has 2 aromatic carbocycles. The van der Waals surface area contributed by atoms with Crippen molar-refractivity contribution in [3.05, 3.63) is 71.4 Å². The number of anilines is 1. The number of carboxylic acid groups (broad SMARTS) is 1. The molecule has 0 bridgehead atoms. The normalized spacial score (nSPS) is 13.0. The van der Waals surface area contributed by atoms with Gasteiger partial charge in [0.1, 0.15) is 12.4 Å². The molecule has 9 nitrogen and oxygen atoms in total. The highest BCUT2D eigenvalue weighted by atomic mass is 16.5. The summed E-state index contributed by atoms with van der Waals surface area (Å²) in [7, 11) is 1.55. The van der Waals surface area contributed by atoms with E-state index >= 15 is 0 Å². The Morgan fingerprint density at radius 1 is 1.09 bits per heavy atom. The zero-order valence-corrected chi connectivity index (χ0v) is 18.9. The molecule has 0 saturated carbocycles. The van der Waals surface area contributed by atoms with Crippen molar-refractivity contribution in [1.82, 2.24) is 15.1 Å². The zero-order chi connectivity index (χ0) is 24.2. The number of fused-ring (bicyclic) bond motifs is 3. The second-order valence-corrected chi connectivity index (χ2v) is 8.41. The molecule has 0 fully saturated rings. The lowest BCUT2D eigenvalue weighted by Crippen LogP contribution is -2.31. The molecular weight excluding hydrogens is 436 g/mol. The van der Waals surface area contributed by atoms with Gasteiger partial charge >= 0.3 is 12.1 Å². The number of ether oxygens (including phenoxy) is 1. The van der Waals surface area contributed by atoms with Crippen LogP contribution in [0.3, 0.4) is 0 Å². The SMILES string of the molecule is CC(CNC(=O)OCC1c2ccccc2-c2ccccc21)CC(=O)Nc1cc(C(=O)O)nn1C. The third kappa shape index (κ3) is 4.93. The number of alkyl carbamates (subject to hydrolysis) is 1. The van der Waals surface area contributed by atoms with E-state index in [4.69, 9.17) is 9.84 Å². The van der Waals surface area contributed by atoms with Crippen LogP contribution in [0.25, 0.3) is 11.1 Å². The summed E-state index contributed by atoms with van der Waals surface area (Å²) < 4.78 is 6.81. The molecule has 1 aliphatic carbocycles. The minimum Gasteiger partial charge on any atom is -0.476 e. The van der Waals surface area contributed by atoms with E-state index in [-0.39, 0.29) is 43.0 Å². The zero-order valence-electron chi connectivity index (χ0n) is 18.9. The van der Waals surface area contributed by atoms with E-state index in [1.54, 1.807) is 7.05 Å². The molecule has 0 radical (unpaired) electrons. The summed E-state index contributed by atoms with van der Waals surface area (Å²) in [6.07, 6.45) is -0.399. The van der Waals surface area contributed by atoms with Crippen LogP contribution >= 0.6 is 0 Å². The fourth-order valence-electron chi connectivity index (χ4n) is 4.18. The van der Waals surface area contributed by atoms with Crippen molar-refractivity contribution in [3.8, 4) is 11.1 Å². The Morgan fingerprint density at radius 2 is 1.71 bits per heavy atom. The van der Waals surface area contributed by atoms with E-state index in [1.165, 1.54) is 10.7 Å². The first-order chi connectivity index (χ1) is 16.3. The second kappa shape index (κ2) is 9.78. The molecule has 176 valence electrons. The maximum Gasteiger partial charge on any atom is 0.407 e. The monoisotopic (exact) mass is 462 g/mol. The Balaban J connectivity index is 1.25. The molecule has 1 atom stereocenters. The molecule has 4 rings (SSSR count). The number of amides is 2. The number of nitrogens with one attached hydrogen (secondary N) is 2. The van der Waals surface area contributed by atoms with E-state index in [9.17, 15) is 14.4 Å². The molecule has 0 spiro atoms. The maximum absolute atomic E-state index is 12.3. The second-order valence-electron chi connectivity index (χ2n) is 8.41. The van der Waals surface area contributed by atoms with Crippen molar-refractivity contribution < 1.29 is 24.2 Å². The van der Waals surface area contributed by atoms with Crippen molar-refractivity contribution >= 4 is 23.8 Å². The number of rotatable bonds is 8. The van der Waals surface area contributed by atoms with Crippen LogP contribution in [0.2, 0.25) is 0 Å². The van der Waals surface area contributed by atoms with Crippen molar-refractivity contribution in [1.29, 1.82) is 0 Å². The first-order valence-corrected chi connectivity index (χ1v) is 11.0. The van der Waals surface area contributed by atoms with Crippen LogP contribution in [0, 0.1) is 5.92 Å². The summed E-state index contributed by atoms with van der Waals surface area (Å²) in [4.78, 5) is 35.6. The van der Waals surface area contributed by atoms with Crippen molar-refractivity contribution in [2.75, 3.05) is 18.5 Å². The molecule has 1 unspecified atom stereocenters. The van der Waals surface area contributed by atoms with Gasteiger partial charge in [-0.3, -0.25) is 9.48 Å². The number of carbonyl (C=O) groups excluding carboxylic acids is 2. The molecule has 1 aliphatic rings. The molecule has 2 amide bonds. The van der Waals surface area contributed by atoms with Gasteiger partial charge in [0.2, 0.25) is 5.91 Å². The first-order valence-electron chi connectivity index (χ1n) is 11.0. The third-order valence-electron chi connectivity index (χ3n) is 5.84. The highest BCUT2D eigenvalue weighted by molar-refractivity contribution is 5.92. The van der Waals surface area contributed by atoms with E-state index in [0.29, 0.717) is 5.82 Å². The Kier molecular flexibility index (Phi) is 6.62. The lowest BCUT2D eigenvalue weighted by atomic mass is 9.98. The van der Waals surface area contributed by atoms with Crippen molar-refractivity contribution in [2.45, 2.75) is 19.3 Å². The van der Waals surface area contributed by atoms with Crippen molar-refractivity contribution in [2.24, 2.45) is 13.0 Å². The fraction of sp³-hybridized carbons (Fsp3) is 0.280. The quantitative estimate of drug-likeness (QED) is 0.470. The highest BCUT2D eigenvalue weighted by Gasteiger charge is 2.29. The Bertz CT molecular complexity index is 1190. The van der Waals surface area contributed by atoms with E-state index in [0.717, 1.165) is 22.3 Å². The minimum absolute atomic E-state index is 0.0176. The summed E-state index contributed by atoms with van der Waals surface area (Å²) in [5.74, 6) is -1.36. The maximum atomic E-state index is 12.3. The van der Waals surface area contributed by atoms with Gasteiger partial charge in [0.25, 0.3) is 0 Å². The Morgan fingerprint density at radius 3 is 2.29 bits per heavy atom. The van der Waals surface area contributed by atoms with Gasteiger partial charge < -0.3 is 20.5 Å². The van der Waals surface area contributed by atoms with Gasteiger partial charge in [-0.05, 0) is 28.2 Å². The van der Waals surface area contributed by atoms with Gasteiger partial charge in [-0.15, -0.1) is 0 Å². The lowest BCUT2D eigenvalue weighted by Gasteiger charge is -2.16. The molecule has 0 saturated heterocycles. The van der Waals surface area contributed by atoms with Crippen LogP contribution in [-0.4, -0.2) is 46.0 Å². The van der Waals surface area contributed by atoms with Crippen LogP contribution < -0.4 is 10.6 Å². The summed E-state index contributed by atoms with van der Waals surface area (Å²) in [5.41, 5.74) is 4.46. The van der Waals surface area contributed by atoms with E-state index in [1.807, 2.05) is 31.2 Å². The topological polar surface area (TPSA) is 123 Å². The predicted molar refractivity (Wildman–Crippen MR) is 126 cm³/mol. The minimum atomic E-state index is -1.17. The van der Waals surface area contributed by atoms with Crippen LogP contribution in [-0.2, 0) is 16.6 Å². The van der Waals surface area contributed by atoms with E-state index in [2.05, 4.69) is 40.0 Å². The largest absolute Gasteiger partial charge is 0.476 e. The number of hydrogen-bond acceptors (Lipinski definition) is 5. The highest BCUT2D eigenvalue weighted by Crippen LogP contribution is 2.44. The van der Waals surface area contributed by atoms with Gasteiger partial charge in [0, 0.05) is 32.0 Å². The van der Waals surface area contributed by atoms with Crippen LogP contribution in [0.15, 0.2) is 54.6 Å². The van der Waals surface area contributed by atoms with Crippen LogP contribution in [0.1, 0.15) is 40.9 Å². The summed E-state index contributed by atoms with van der Waals surface area (Å²) >= 11 is 0. The molecule has 3 N–H and O–H groups in total. The molecule has 1 heterocycles. The average Bonchev–Trinajstić information content (AvgIpc) is 3.34. The molecule has 9 heteroatoms. The number of benzene rings is 2. The fourth-order valence-corrected chi connectivity index (χ4v) is 4.18. The van der Waals surface area contributed by atoms with Crippen molar-refractivity contribution in [3.63, 3.8) is 0 Å². The number of hydrogen-bond donors (Lipinski definition) is 3. The first kappa shape index (κ1) is 23.0. The number of carboxylic acids is 1. The van der Waals surface area contributed by atoms with Gasteiger partial charge in [0.05, 0.1) is 0 Å². The number of nitrogens with zero attached hydrogens (tertiary/aromatic N) is 2. The van der Waals surface area contributed by atoms with E-state index < -0.39 is 12.1 Å². The summed E-state index contributed by atoms with van der Waals surface area (Å²) in [6, 6.07) is 17.5. The van der Waals surface area contributed by atoms with Gasteiger partial charge in [-0.25, -0.2) is 9.59 Å². The van der Waals surface area contributed by atoms with Crippen LogP contribution in [0.5, 0.6) is 0 Å². The summed E-state index contributed by atoms with van der Waals surface area (Å²) in [6.45, 7) is 2.31. The molecular formula is C25H26N4O5. The van der Waals surface area contributed by atoms with Gasteiger partial charge in [0.15, 0.2) is 5.69 Å².